The maximum Gasteiger partial charge on any atom is 0.242 e. The number of hydrogen-bond acceptors (Lipinski definition) is 4. The third-order valence-electron chi connectivity index (χ3n) is 4.35. The minimum atomic E-state index is -3.41. The Morgan fingerprint density at radius 2 is 2.05 bits per heavy atom. The fraction of sp³-hybridized carbons (Fsp3) is 0.667. The van der Waals surface area contributed by atoms with E-state index in [1.807, 2.05) is 0 Å². The molecule has 0 bridgehead atoms. The average Bonchev–Trinajstić information content (AvgIpc) is 3.20. The van der Waals surface area contributed by atoms with E-state index < -0.39 is 10.0 Å². The van der Waals surface area contributed by atoms with Crippen molar-refractivity contribution >= 4 is 15.8 Å². The van der Waals surface area contributed by atoms with Gasteiger partial charge in [0.05, 0.1) is 0 Å². The van der Waals surface area contributed by atoms with Crippen LogP contribution in [-0.4, -0.2) is 26.0 Å². The molecule has 2 unspecified atom stereocenters. The van der Waals surface area contributed by atoms with E-state index in [0.717, 1.165) is 37.4 Å². The fourth-order valence-corrected chi connectivity index (χ4v) is 3.87. The average molecular weight is 309 g/mol. The molecule has 2 atom stereocenters. The number of pyridine rings is 1. The Morgan fingerprint density at radius 1 is 1.24 bits per heavy atom. The zero-order valence-electron chi connectivity index (χ0n) is 12.4. The second-order valence-corrected chi connectivity index (χ2v) is 8.20. The first kappa shape index (κ1) is 14.8. The zero-order chi connectivity index (χ0) is 14.9. The van der Waals surface area contributed by atoms with Crippen LogP contribution < -0.4 is 10.0 Å². The van der Waals surface area contributed by atoms with Crippen LogP contribution in [0, 0.1) is 11.8 Å². The van der Waals surface area contributed by atoms with E-state index in [9.17, 15) is 8.42 Å². The molecular formula is C15H23N3O2S. The van der Waals surface area contributed by atoms with Gasteiger partial charge in [0.1, 0.15) is 10.7 Å². The van der Waals surface area contributed by atoms with Crippen LogP contribution in [0.3, 0.4) is 0 Å². The fourth-order valence-electron chi connectivity index (χ4n) is 2.80. The minimum Gasteiger partial charge on any atom is -0.367 e. The van der Waals surface area contributed by atoms with E-state index in [1.165, 1.54) is 12.6 Å². The van der Waals surface area contributed by atoms with Crippen molar-refractivity contribution in [3.63, 3.8) is 0 Å². The van der Waals surface area contributed by atoms with Crippen LogP contribution >= 0.6 is 0 Å². The number of hydrogen-bond donors (Lipinski definition) is 2. The van der Waals surface area contributed by atoms with Gasteiger partial charge in [-0.2, -0.15) is 0 Å². The number of aromatic nitrogens is 1. The molecule has 21 heavy (non-hydrogen) atoms. The first-order valence-corrected chi connectivity index (χ1v) is 9.23. The lowest BCUT2D eigenvalue weighted by Crippen LogP contribution is -2.26. The molecule has 2 saturated carbocycles. The van der Waals surface area contributed by atoms with E-state index >= 15 is 0 Å². The van der Waals surface area contributed by atoms with Gasteiger partial charge in [0.25, 0.3) is 0 Å². The van der Waals surface area contributed by atoms with Crippen molar-refractivity contribution < 1.29 is 8.42 Å². The van der Waals surface area contributed by atoms with Crippen molar-refractivity contribution in [1.82, 2.24) is 9.71 Å². The molecule has 3 rings (SSSR count). The molecule has 0 spiro atoms. The minimum absolute atomic E-state index is 0.244. The summed E-state index contributed by atoms with van der Waals surface area (Å²) in [5.74, 6) is 2.04. The number of nitrogens with zero attached hydrogens (tertiary/aromatic N) is 1. The standard InChI is InChI=1S/C15H23N3O2S/c1-11-2-5-13(8-11)18-15-7-6-14(10-16-15)21(19,20)17-9-12-3-4-12/h6-7,10-13,17H,2-5,8-9H2,1H3,(H,16,18). The van der Waals surface area contributed by atoms with Gasteiger partial charge in [-0.1, -0.05) is 6.92 Å². The van der Waals surface area contributed by atoms with Crippen LogP contribution in [0.5, 0.6) is 0 Å². The topological polar surface area (TPSA) is 71.1 Å². The third-order valence-corrected chi connectivity index (χ3v) is 5.76. The Balaban J connectivity index is 1.60. The van der Waals surface area contributed by atoms with Crippen molar-refractivity contribution in [2.75, 3.05) is 11.9 Å². The van der Waals surface area contributed by atoms with Gasteiger partial charge in [-0.3, -0.25) is 0 Å². The smallest absolute Gasteiger partial charge is 0.242 e. The van der Waals surface area contributed by atoms with Gasteiger partial charge in [-0.15, -0.1) is 0 Å². The van der Waals surface area contributed by atoms with Gasteiger partial charge in [0.2, 0.25) is 10.0 Å². The van der Waals surface area contributed by atoms with Gasteiger partial charge in [-0.05, 0) is 56.1 Å². The van der Waals surface area contributed by atoms with Gasteiger partial charge in [-0.25, -0.2) is 18.1 Å². The molecule has 0 amide bonds. The summed E-state index contributed by atoms with van der Waals surface area (Å²) < 4.78 is 26.8. The van der Waals surface area contributed by atoms with Crippen LogP contribution in [0.2, 0.25) is 0 Å². The predicted molar refractivity (Wildman–Crippen MR) is 82.6 cm³/mol. The van der Waals surface area contributed by atoms with E-state index in [-0.39, 0.29) is 4.90 Å². The first-order chi connectivity index (χ1) is 10.0. The summed E-state index contributed by atoms with van der Waals surface area (Å²) in [6.45, 7) is 2.80. The molecule has 2 fully saturated rings. The van der Waals surface area contributed by atoms with Crippen molar-refractivity contribution in [1.29, 1.82) is 0 Å². The SMILES string of the molecule is CC1CCC(Nc2ccc(S(=O)(=O)NCC3CC3)cn2)C1. The molecule has 6 heteroatoms. The highest BCUT2D eigenvalue weighted by Crippen LogP contribution is 2.28. The molecule has 2 aliphatic rings. The van der Waals surface area contributed by atoms with Crippen LogP contribution in [0.1, 0.15) is 39.0 Å². The van der Waals surface area contributed by atoms with Crippen LogP contribution in [-0.2, 0) is 10.0 Å². The summed E-state index contributed by atoms with van der Waals surface area (Å²) >= 11 is 0. The Labute approximate surface area is 126 Å². The second kappa shape index (κ2) is 5.93. The summed E-state index contributed by atoms with van der Waals surface area (Å²) in [6.07, 6.45) is 7.26. The highest BCUT2D eigenvalue weighted by Gasteiger charge is 2.25. The predicted octanol–water partition coefficient (Wildman–Crippen LogP) is 2.37. The Morgan fingerprint density at radius 3 is 2.62 bits per heavy atom. The highest BCUT2D eigenvalue weighted by atomic mass is 32.2. The van der Waals surface area contributed by atoms with E-state index in [0.29, 0.717) is 18.5 Å². The third kappa shape index (κ3) is 3.95. The van der Waals surface area contributed by atoms with Crippen molar-refractivity contribution in [3.8, 4) is 0 Å². The molecular weight excluding hydrogens is 286 g/mol. The lowest BCUT2D eigenvalue weighted by molar-refractivity contribution is 0.577. The lowest BCUT2D eigenvalue weighted by Gasteiger charge is -2.13. The molecule has 0 aromatic carbocycles. The molecule has 0 aliphatic heterocycles. The molecule has 0 saturated heterocycles. The molecule has 2 aliphatic carbocycles. The van der Waals surface area contributed by atoms with Crippen molar-refractivity contribution in [2.24, 2.45) is 11.8 Å². The number of sulfonamides is 1. The zero-order valence-corrected chi connectivity index (χ0v) is 13.2. The normalized spacial score (nSPS) is 26.0. The monoisotopic (exact) mass is 309 g/mol. The first-order valence-electron chi connectivity index (χ1n) is 7.75. The van der Waals surface area contributed by atoms with Crippen LogP contribution in [0.15, 0.2) is 23.2 Å². The van der Waals surface area contributed by atoms with E-state index in [2.05, 4.69) is 21.9 Å². The Kier molecular flexibility index (Phi) is 4.17. The molecule has 1 aromatic rings. The molecule has 116 valence electrons. The highest BCUT2D eigenvalue weighted by molar-refractivity contribution is 7.89. The van der Waals surface area contributed by atoms with Crippen LogP contribution in [0.25, 0.3) is 0 Å². The number of anilines is 1. The van der Waals surface area contributed by atoms with Gasteiger partial charge >= 0.3 is 0 Å². The van der Waals surface area contributed by atoms with Crippen molar-refractivity contribution in [2.45, 2.75) is 50.0 Å². The molecule has 1 aromatic heterocycles. The second-order valence-electron chi connectivity index (χ2n) is 6.43. The van der Waals surface area contributed by atoms with Crippen LogP contribution in [0.4, 0.5) is 5.82 Å². The quantitative estimate of drug-likeness (QED) is 0.846. The van der Waals surface area contributed by atoms with E-state index in [1.54, 1.807) is 12.1 Å². The Bertz CT molecular complexity index is 581. The molecule has 1 heterocycles. The number of nitrogens with one attached hydrogen (secondary N) is 2. The molecule has 2 N–H and O–H groups in total. The summed E-state index contributed by atoms with van der Waals surface area (Å²) in [5.41, 5.74) is 0. The Hall–Kier alpha value is -1.14. The lowest BCUT2D eigenvalue weighted by atomic mass is 10.1. The number of rotatable bonds is 6. The maximum absolute atomic E-state index is 12.1. The van der Waals surface area contributed by atoms with Gasteiger partial charge in [0.15, 0.2) is 0 Å². The van der Waals surface area contributed by atoms with Gasteiger partial charge < -0.3 is 5.32 Å². The molecule has 5 nitrogen and oxygen atoms in total. The van der Waals surface area contributed by atoms with Gasteiger partial charge in [0, 0.05) is 18.8 Å². The maximum atomic E-state index is 12.1. The summed E-state index contributed by atoms with van der Waals surface area (Å²) in [5, 5.41) is 3.38. The van der Waals surface area contributed by atoms with Crippen molar-refractivity contribution in [3.05, 3.63) is 18.3 Å². The summed E-state index contributed by atoms with van der Waals surface area (Å²) in [7, 11) is -3.41. The summed E-state index contributed by atoms with van der Waals surface area (Å²) in [4.78, 5) is 4.49. The largest absolute Gasteiger partial charge is 0.367 e. The summed E-state index contributed by atoms with van der Waals surface area (Å²) in [6, 6.07) is 3.85. The molecule has 0 radical (unpaired) electrons. The van der Waals surface area contributed by atoms with E-state index in [4.69, 9.17) is 0 Å².